The van der Waals surface area contributed by atoms with Gasteiger partial charge in [-0.3, -0.25) is 4.79 Å². The quantitative estimate of drug-likeness (QED) is 0.846. The molecular formula is C15H28N2O2. The number of carbonyl (C=O) groups excluding carboxylic acids is 1. The Morgan fingerprint density at radius 3 is 2.37 bits per heavy atom. The van der Waals surface area contributed by atoms with E-state index < -0.39 is 0 Å². The van der Waals surface area contributed by atoms with Crippen LogP contribution in [0.1, 0.15) is 40.0 Å². The van der Waals surface area contributed by atoms with Crippen molar-refractivity contribution in [3.8, 4) is 0 Å². The normalized spacial score (nSPS) is 34.1. The molecule has 4 heteroatoms. The molecule has 1 aliphatic heterocycles. The predicted octanol–water partition coefficient (Wildman–Crippen LogP) is 1.65. The summed E-state index contributed by atoms with van der Waals surface area (Å²) in [6, 6.07) is 0.403. The Hall–Kier alpha value is -0.610. The summed E-state index contributed by atoms with van der Waals surface area (Å²) in [7, 11) is 0. The number of rotatable bonds is 3. The number of nitrogens with one attached hydrogen (secondary N) is 1. The van der Waals surface area contributed by atoms with Crippen LogP contribution < -0.4 is 5.32 Å². The molecule has 19 heavy (non-hydrogen) atoms. The summed E-state index contributed by atoms with van der Waals surface area (Å²) in [5, 5.41) is 3.58. The van der Waals surface area contributed by atoms with Crippen molar-refractivity contribution in [3.05, 3.63) is 0 Å². The van der Waals surface area contributed by atoms with Gasteiger partial charge in [-0.25, -0.2) is 0 Å². The van der Waals surface area contributed by atoms with Crippen molar-refractivity contribution in [1.29, 1.82) is 0 Å². The second kappa shape index (κ2) is 6.71. The van der Waals surface area contributed by atoms with E-state index in [-0.39, 0.29) is 11.9 Å². The van der Waals surface area contributed by atoms with Crippen LogP contribution in [0, 0.1) is 11.8 Å². The lowest BCUT2D eigenvalue weighted by Gasteiger charge is -2.38. The minimum atomic E-state index is -0.0777. The second-order valence-corrected chi connectivity index (χ2v) is 6.24. The third-order valence-corrected chi connectivity index (χ3v) is 4.68. The Kier molecular flexibility index (Phi) is 5.22. The van der Waals surface area contributed by atoms with E-state index in [2.05, 4.69) is 19.2 Å². The number of morpholine rings is 1. The molecule has 0 aromatic heterocycles. The molecule has 1 saturated carbocycles. The number of hydrogen-bond acceptors (Lipinski definition) is 3. The van der Waals surface area contributed by atoms with E-state index in [1.807, 2.05) is 11.8 Å². The molecule has 1 amide bonds. The van der Waals surface area contributed by atoms with Gasteiger partial charge in [-0.1, -0.05) is 20.3 Å². The Morgan fingerprint density at radius 2 is 1.79 bits per heavy atom. The molecule has 3 atom stereocenters. The summed E-state index contributed by atoms with van der Waals surface area (Å²) in [5.74, 6) is 1.57. The fourth-order valence-corrected chi connectivity index (χ4v) is 3.43. The second-order valence-electron chi connectivity index (χ2n) is 6.24. The van der Waals surface area contributed by atoms with Crippen molar-refractivity contribution in [3.63, 3.8) is 0 Å². The van der Waals surface area contributed by atoms with Crippen LogP contribution in [0.3, 0.4) is 0 Å². The first kappa shape index (κ1) is 14.8. The highest BCUT2D eigenvalue weighted by atomic mass is 16.5. The van der Waals surface area contributed by atoms with Gasteiger partial charge in [0.25, 0.3) is 0 Å². The van der Waals surface area contributed by atoms with E-state index in [9.17, 15) is 4.79 Å². The van der Waals surface area contributed by atoms with Crippen LogP contribution in [0.4, 0.5) is 0 Å². The Balaban J connectivity index is 1.88. The summed E-state index contributed by atoms with van der Waals surface area (Å²) in [5.41, 5.74) is 0. The van der Waals surface area contributed by atoms with Crippen LogP contribution >= 0.6 is 0 Å². The van der Waals surface area contributed by atoms with E-state index >= 15 is 0 Å². The standard InChI is InChI=1S/C15H28N2O2/c1-11-5-4-6-12(2)14(11)16-13(3)15(18)17-7-9-19-10-8-17/h11-14,16H,4-10H2,1-3H3. The molecule has 110 valence electrons. The molecule has 0 spiro atoms. The molecule has 2 aliphatic rings. The number of carbonyl (C=O) groups is 1. The fraction of sp³-hybridized carbons (Fsp3) is 0.933. The van der Waals surface area contributed by atoms with Crippen LogP contribution in [-0.2, 0) is 9.53 Å². The van der Waals surface area contributed by atoms with Crippen LogP contribution in [-0.4, -0.2) is 49.2 Å². The third-order valence-electron chi connectivity index (χ3n) is 4.68. The van der Waals surface area contributed by atoms with E-state index in [0.29, 0.717) is 31.1 Å². The van der Waals surface area contributed by atoms with Crippen LogP contribution in [0.2, 0.25) is 0 Å². The highest BCUT2D eigenvalue weighted by Gasteiger charge is 2.31. The molecule has 1 heterocycles. The van der Waals surface area contributed by atoms with Crippen molar-refractivity contribution >= 4 is 5.91 Å². The molecule has 2 rings (SSSR count). The molecule has 1 saturated heterocycles. The first-order chi connectivity index (χ1) is 9.09. The number of hydrogen-bond donors (Lipinski definition) is 1. The Morgan fingerprint density at radius 1 is 1.21 bits per heavy atom. The summed E-state index contributed by atoms with van der Waals surface area (Å²) in [4.78, 5) is 14.3. The summed E-state index contributed by atoms with van der Waals surface area (Å²) < 4.78 is 5.30. The molecule has 1 aliphatic carbocycles. The highest BCUT2D eigenvalue weighted by molar-refractivity contribution is 5.81. The van der Waals surface area contributed by atoms with Crippen molar-refractivity contribution in [2.24, 2.45) is 11.8 Å². The lowest BCUT2D eigenvalue weighted by molar-refractivity contribution is -0.137. The smallest absolute Gasteiger partial charge is 0.239 e. The monoisotopic (exact) mass is 268 g/mol. The van der Waals surface area contributed by atoms with E-state index in [4.69, 9.17) is 4.74 Å². The maximum Gasteiger partial charge on any atom is 0.239 e. The van der Waals surface area contributed by atoms with Gasteiger partial charge in [0, 0.05) is 19.1 Å². The third kappa shape index (κ3) is 3.69. The van der Waals surface area contributed by atoms with E-state index in [1.54, 1.807) is 0 Å². The maximum atomic E-state index is 12.4. The van der Waals surface area contributed by atoms with Crippen LogP contribution in [0.15, 0.2) is 0 Å². The minimum Gasteiger partial charge on any atom is -0.378 e. The van der Waals surface area contributed by atoms with Crippen molar-refractivity contribution < 1.29 is 9.53 Å². The van der Waals surface area contributed by atoms with Gasteiger partial charge in [0.15, 0.2) is 0 Å². The predicted molar refractivity (Wildman–Crippen MR) is 76.0 cm³/mol. The molecule has 0 radical (unpaired) electrons. The lowest BCUT2D eigenvalue weighted by atomic mass is 9.78. The zero-order valence-electron chi connectivity index (χ0n) is 12.5. The number of ether oxygens (including phenoxy) is 1. The van der Waals surface area contributed by atoms with Gasteiger partial charge in [0.1, 0.15) is 0 Å². The summed E-state index contributed by atoms with van der Waals surface area (Å²) in [6.45, 7) is 9.44. The van der Waals surface area contributed by atoms with Crippen LogP contribution in [0.25, 0.3) is 0 Å². The zero-order chi connectivity index (χ0) is 13.8. The van der Waals surface area contributed by atoms with Gasteiger partial charge < -0.3 is 15.0 Å². The SMILES string of the molecule is CC(NC1C(C)CCCC1C)C(=O)N1CCOCC1. The molecular weight excluding hydrogens is 240 g/mol. The molecule has 0 aromatic rings. The summed E-state index contributed by atoms with van der Waals surface area (Å²) >= 11 is 0. The molecule has 0 bridgehead atoms. The molecule has 2 fully saturated rings. The maximum absolute atomic E-state index is 12.4. The first-order valence-electron chi connectivity index (χ1n) is 7.72. The minimum absolute atomic E-state index is 0.0777. The zero-order valence-corrected chi connectivity index (χ0v) is 12.5. The van der Waals surface area contributed by atoms with E-state index in [0.717, 1.165) is 13.1 Å². The van der Waals surface area contributed by atoms with Crippen molar-refractivity contribution in [1.82, 2.24) is 10.2 Å². The molecule has 0 aromatic carbocycles. The van der Waals surface area contributed by atoms with Gasteiger partial charge in [-0.15, -0.1) is 0 Å². The topological polar surface area (TPSA) is 41.6 Å². The van der Waals surface area contributed by atoms with Gasteiger partial charge in [-0.05, 0) is 31.6 Å². The lowest BCUT2D eigenvalue weighted by Crippen LogP contribution is -2.54. The average molecular weight is 268 g/mol. The Labute approximate surface area is 116 Å². The average Bonchev–Trinajstić information content (AvgIpc) is 2.43. The highest BCUT2D eigenvalue weighted by Crippen LogP contribution is 2.29. The Bertz CT molecular complexity index is 293. The first-order valence-corrected chi connectivity index (χ1v) is 7.72. The number of amides is 1. The van der Waals surface area contributed by atoms with E-state index in [1.165, 1.54) is 19.3 Å². The van der Waals surface area contributed by atoms with Gasteiger partial charge in [0.05, 0.1) is 19.3 Å². The van der Waals surface area contributed by atoms with Crippen molar-refractivity contribution in [2.45, 2.75) is 52.1 Å². The van der Waals surface area contributed by atoms with Gasteiger partial charge >= 0.3 is 0 Å². The summed E-state index contributed by atoms with van der Waals surface area (Å²) in [6.07, 6.45) is 3.88. The fourth-order valence-electron chi connectivity index (χ4n) is 3.43. The number of nitrogens with zero attached hydrogens (tertiary/aromatic N) is 1. The van der Waals surface area contributed by atoms with Gasteiger partial charge in [0.2, 0.25) is 5.91 Å². The van der Waals surface area contributed by atoms with Crippen LogP contribution in [0.5, 0.6) is 0 Å². The van der Waals surface area contributed by atoms with Crippen molar-refractivity contribution in [2.75, 3.05) is 26.3 Å². The largest absolute Gasteiger partial charge is 0.378 e. The molecule has 3 unspecified atom stereocenters. The molecule has 1 N–H and O–H groups in total. The van der Waals surface area contributed by atoms with Gasteiger partial charge in [-0.2, -0.15) is 0 Å². The molecule has 4 nitrogen and oxygen atoms in total.